The number of halogens is 1. The third-order valence-electron chi connectivity index (χ3n) is 5.21. The molecule has 5 N–H and O–H groups in total. The first-order chi connectivity index (χ1) is 17.4. The maximum atomic E-state index is 12.6. The summed E-state index contributed by atoms with van der Waals surface area (Å²) in [6, 6.07) is 14.4. The summed E-state index contributed by atoms with van der Waals surface area (Å²) in [5.74, 6) is 2.26. The van der Waals surface area contributed by atoms with Crippen molar-refractivity contribution >= 4 is 46.1 Å². The maximum absolute atomic E-state index is 12.6. The van der Waals surface area contributed by atoms with Crippen molar-refractivity contribution in [2.75, 3.05) is 36.8 Å². The normalized spacial score (nSPS) is 10.8. The fourth-order valence-electron chi connectivity index (χ4n) is 3.53. The van der Waals surface area contributed by atoms with Crippen molar-refractivity contribution in [2.24, 2.45) is 0 Å². The first-order valence-electron chi connectivity index (χ1n) is 11.5. The van der Waals surface area contributed by atoms with Crippen LogP contribution in [0.5, 0.6) is 0 Å². The molecule has 36 heavy (non-hydrogen) atoms. The Morgan fingerprint density at radius 2 is 1.53 bits per heavy atom. The summed E-state index contributed by atoms with van der Waals surface area (Å²) in [6.45, 7) is 5.17. The number of nitrogens with zero attached hydrogens (tertiary/aromatic N) is 3. The van der Waals surface area contributed by atoms with Crippen LogP contribution in [-0.2, 0) is 4.79 Å². The van der Waals surface area contributed by atoms with Crippen LogP contribution in [0.25, 0.3) is 22.4 Å². The molecule has 11 heteroatoms. The van der Waals surface area contributed by atoms with Crippen molar-refractivity contribution < 1.29 is 9.59 Å². The van der Waals surface area contributed by atoms with E-state index in [1.807, 2.05) is 25.1 Å². The zero-order chi connectivity index (χ0) is 25.5. The molecule has 4 rings (SSSR count). The Kier molecular flexibility index (Phi) is 7.96. The van der Waals surface area contributed by atoms with Gasteiger partial charge in [-0.1, -0.05) is 11.6 Å². The minimum absolute atomic E-state index is 0.0925. The van der Waals surface area contributed by atoms with E-state index in [-0.39, 0.29) is 11.8 Å². The molecule has 10 nitrogen and oxygen atoms in total. The van der Waals surface area contributed by atoms with Gasteiger partial charge in [0.2, 0.25) is 5.91 Å². The minimum atomic E-state index is -0.177. The van der Waals surface area contributed by atoms with E-state index in [1.54, 1.807) is 30.3 Å². The SMILES string of the molecule is CC(=O)NCCNc1cc(NCCNC(=O)c2ccc3[nH]c(C)nc3c2)nc(-c2ccc(Cl)cc2)n1. The quantitative estimate of drug-likeness (QED) is 0.208. The largest absolute Gasteiger partial charge is 0.368 e. The second-order valence-electron chi connectivity index (χ2n) is 8.12. The van der Waals surface area contributed by atoms with Crippen molar-refractivity contribution in [2.45, 2.75) is 13.8 Å². The van der Waals surface area contributed by atoms with Gasteiger partial charge >= 0.3 is 0 Å². The summed E-state index contributed by atoms with van der Waals surface area (Å²) < 4.78 is 0. The van der Waals surface area contributed by atoms with Crippen LogP contribution in [0.2, 0.25) is 5.02 Å². The number of amides is 2. The number of carbonyl (C=O) groups is 2. The van der Waals surface area contributed by atoms with Crippen LogP contribution in [-0.4, -0.2) is 57.9 Å². The van der Waals surface area contributed by atoms with Gasteiger partial charge in [-0.25, -0.2) is 15.0 Å². The van der Waals surface area contributed by atoms with Crippen LogP contribution >= 0.6 is 11.6 Å². The van der Waals surface area contributed by atoms with Crippen LogP contribution in [0, 0.1) is 6.92 Å². The highest BCUT2D eigenvalue weighted by Gasteiger charge is 2.10. The second kappa shape index (κ2) is 11.5. The van der Waals surface area contributed by atoms with E-state index in [0.29, 0.717) is 54.2 Å². The molecule has 2 amide bonds. The Labute approximate surface area is 213 Å². The third kappa shape index (κ3) is 6.70. The highest BCUT2D eigenvalue weighted by Crippen LogP contribution is 2.22. The van der Waals surface area contributed by atoms with E-state index in [4.69, 9.17) is 11.6 Å². The molecule has 2 aromatic heterocycles. The highest BCUT2D eigenvalue weighted by molar-refractivity contribution is 6.30. The molecule has 0 aliphatic rings. The molecule has 186 valence electrons. The van der Waals surface area contributed by atoms with Gasteiger partial charge in [0.05, 0.1) is 11.0 Å². The Hall–Kier alpha value is -4.18. The lowest BCUT2D eigenvalue weighted by Crippen LogP contribution is -2.29. The predicted octanol–water partition coefficient (Wildman–Crippen LogP) is 3.37. The monoisotopic (exact) mass is 506 g/mol. The van der Waals surface area contributed by atoms with Crippen LogP contribution in [0.3, 0.4) is 0 Å². The zero-order valence-electron chi connectivity index (χ0n) is 20.0. The van der Waals surface area contributed by atoms with Crippen molar-refractivity contribution in [3.8, 4) is 11.4 Å². The molecule has 0 atom stereocenters. The first kappa shape index (κ1) is 24.9. The average Bonchev–Trinajstić information content (AvgIpc) is 3.24. The summed E-state index contributed by atoms with van der Waals surface area (Å²) in [4.78, 5) is 40.4. The number of aromatic amines is 1. The molecule has 2 aromatic carbocycles. The summed E-state index contributed by atoms with van der Waals surface area (Å²) in [5.41, 5.74) is 3.01. The van der Waals surface area contributed by atoms with Gasteiger partial charge in [-0.3, -0.25) is 9.59 Å². The Morgan fingerprint density at radius 1 is 0.861 bits per heavy atom. The van der Waals surface area contributed by atoms with Gasteiger partial charge in [0.15, 0.2) is 5.82 Å². The number of hydrogen-bond acceptors (Lipinski definition) is 7. The van der Waals surface area contributed by atoms with Gasteiger partial charge < -0.3 is 26.3 Å². The Balaban J connectivity index is 1.38. The molecule has 0 fully saturated rings. The molecule has 0 saturated heterocycles. The Bertz CT molecular complexity index is 1370. The number of anilines is 2. The summed E-state index contributed by atoms with van der Waals surface area (Å²) in [6.07, 6.45) is 0. The second-order valence-corrected chi connectivity index (χ2v) is 8.55. The Morgan fingerprint density at radius 3 is 2.19 bits per heavy atom. The van der Waals surface area contributed by atoms with E-state index in [1.165, 1.54) is 6.92 Å². The molecular weight excluding hydrogens is 480 g/mol. The molecule has 0 bridgehead atoms. The first-order valence-corrected chi connectivity index (χ1v) is 11.9. The van der Waals surface area contributed by atoms with E-state index in [9.17, 15) is 9.59 Å². The van der Waals surface area contributed by atoms with Gasteiger partial charge in [0.1, 0.15) is 17.5 Å². The van der Waals surface area contributed by atoms with E-state index >= 15 is 0 Å². The fraction of sp³-hybridized carbons (Fsp3) is 0.240. The van der Waals surface area contributed by atoms with Crippen molar-refractivity contribution in [3.63, 3.8) is 0 Å². The molecule has 0 aliphatic heterocycles. The number of hydrogen-bond donors (Lipinski definition) is 5. The molecule has 0 unspecified atom stereocenters. The zero-order valence-corrected chi connectivity index (χ0v) is 20.7. The standard InChI is InChI=1S/C25H27ClN8O2/c1-15-31-20-8-5-18(13-21(20)32-15)25(36)30-12-11-29-23-14-22(28-10-9-27-16(2)35)33-24(34-23)17-3-6-19(26)7-4-17/h3-8,13-14H,9-12H2,1-2H3,(H,27,35)(H,30,36)(H,31,32)(H2,28,29,33,34). The number of carbonyl (C=O) groups excluding carboxylic acids is 2. The fourth-order valence-corrected chi connectivity index (χ4v) is 3.65. The third-order valence-corrected chi connectivity index (χ3v) is 5.47. The molecule has 0 radical (unpaired) electrons. The summed E-state index contributed by atoms with van der Waals surface area (Å²) in [5, 5.41) is 12.7. The lowest BCUT2D eigenvalue weighted by atomic mass is 10.2. The predicted molar refractivity (Wildman–Crippen MR) is 141 cm³/mol. The van der Waals surface area contributed by atoms with Gasteiger partial charge in [0.25, 0.3) is 5.91 Å². The van der Waals surface area contributed by atoms with Crippen LogP contribution in [0.15, 0.2) is 48.5 Å². The molecular formula is C25H27ClN8O2. The van der Waals surface area contributed by atoms with E-state index in [0.717, 1.165) is 22.4 Å². The lowest BCUT2D eigenvalue weighted by molar-refractivity contribution is -0.118. The van der Waals surface area contributed by atoms with Gasteiger partial charge in [-0.2, -0.15) is 0 Å². The highest BCUT2D eigenvalue weighted by atomic mass is 35.5. The summed E-state index contributed by atoms with van der Waals surface area (Å²) in [7, 11) is 0. The smallest absolute Gasteiger partial charge is 0.251 e. The number of rotatable bonds is 10. The van der Waals surface area contributed by atoms with Crippen LogP contribution < -0.4 is 21.3 Å². The molecule has 0 saturated carbocycles. The maximum Gasteiger partial charge on any atom is 0.251 e. The number of imidazole rings is 1. The number of aromatic nitrogens is 4. The van der Waals surface area contributed by atoms with E-state index < -0.39 is 0 Å². The van der Waals surface area contributed by atoms with Crippen molar-refractivity contribution in [1.29, 1.82) is 0 Å². The summed E-state index contributed by atoms with van der Waals surface area (Å²) >= 11 is 6.02. The topological polar surface area (TPSA) is 137 Å². The van der Waals surface area contributed by atoms with Crippen molar-refractivity contribution in [1.82, 2.24) is 30.6 Å². The van der Waals surface area contributed by atoms with Gasteiger partial charge in [0, 0.05) is 55.3 Å². The number of nitrogens with one attached hydrogen (secondary N) is 5. The molecule has 0 spiro atoms. The number of H-pyrrole nitrogens is 1. The number of aryl methyl sites for hydroxylation is 1. The van der Waals surface area contributed by atoms with Crippen LogP contribution in [0.4, 0.5) is 11.6 Å². The molecule has 4 aromatic rings. The lowest BCUT2D eigenvalue weighted by Gasteiger charge is -2.12. The number of fused-ring (bicyclic) bond motifs is 1. The van der Waals surface area contributed by atoms with Gasteiger partial charge in [-0.05, 0) is 49.4 Å². The van der Waals surface area contributed by atoms with Crippen molar-refractivity contribution in [3.05, 3.63) is 64.9 Å². The minimum Gasteiger partial charge on any atom is -0.368 e. The molecule has 2 heterocycles. The van der Waals surface area contributed by atoms with Gasteiger partial charge in [-0.15, -0.1) is 0 Å². The molecule has 0 aliphatic carbocycles. The van der Waals surface area contributed by atoms with E-state index in [2.05, 4.69) is 41.2 Å². The number of benzene rings is 2. The average molecular weight is 507 g/mol. The van der Waals surface area contributed by atoms with Crippen LogP contribution in [0.1, 0.15) is 23.1 Å².